The van der Waals surface area contributed by atoms with E-state index in [-0.39, 0.29) is 11.9 Å². The van der Waals surface area contributed by atoms with Crippen molar-refractivity contribution >= 4 is 22.8 Å². The summed E-state index contributed by atoms with van der Waals surface area (Å²) in [7, 11) is 0. The zero-order valence-electron chi connectivity index (χ0n) is 12.5. The molecule has 1 amide bonds. The molecular weight excluding hydrogens is 278 g/mol. The number of likely N-dealkylation sites (tertiary alicyclic amines) is 1. The van der Waals surface area contributed by atoms with Gasteiger partial charge >= 0.3 is 0 Å². The molecule has 0 unspecified atom stereocenters. The van der Waals surface area contributed by atoms with Crippen LogP contribution in [0.2, 0.25) is 0 Å². The molecule has 22 heavy (non-hydrogen) atoms. The smallest absolute Gasteiger partial charge is 0.274 e. The summed E-state index contributed by atoms with van der Waals surface area (Å²) in [6, 6.07) is 9.55. The van der Waals surface area contributed by atoms with Crippen LogP contribution in [-0.2, 0) is 0 Å². The quantitative estimate of drug-likeness (QED) is 0.587. The van der Waals surface area contributed by atoms with Crippen molar-refractivity contribution in [2.45, 2.75) is 12.8 Å². The molecule has 0 atom stereocenters. The summed E-state index contributed by atoms with van der Waals surface area (Å²) in [4.78, 5) is 21.8. The van der Waals surface area contributed by atoms with Gasteiger partial charge in [0.1, 0.15) is 5.69 Å². The Balaban J connectivity index is 1.55. The molecule has 1 fully saturated rings. The Morgan fingerprint density at radius 1 is 1.32 bits per heavy atom. The first-order valence-electron chi connectivity index (χ1n) is 7.64. The molecule has 2 heterocycles. The van der Waals surface area contributed by atoms with Crippen molar-refractivity contribution in [2.24, 2.45) is 10.7 Å². The molecular formula is C16H21N5O. The van der Waals surface area contributed by atoms with Crippen molar-refractivity contribution in [3.8, 4) is 0 Å². The van der Waals surface area contributed by atoms with Gasteiger partial charge in [0.15, 0.2) is 5.96 Å². The van der Waals surface area contributed by atoms with E-state index in [1.807, 2.05) is 30.3 Å². The summed E-state index contributed by atoms with van der Waals surface area (Å²) in [6.45, 7) is 3.77. The second kappa shape index (κ2) is 6.62. The van der Waals surface area contributed by atoms with Crippen molar-refractivity contribution < 1.29 is 4.79 Å². The second-order valence-corrected chi connectivity index (χ2v) is 5.54. The normalized spacial score (nSPS) is 16.3. The lowest BCUT2D eigenvalue weighted by atomic mass is 10.2. The minimum Gasteiger partial charge on any atom is -0.370 e. The topological polar surface area (TPSA) is 86.5 Å². The molecule has 6 nitrogen and oxygen atoms in total. The highest BCUT2D eigenvalue weighted by Crippen LogP contribution is 2.14. The number of aliphatic imine (C=N–C) groups is 1. The zero-order chi connectivity index (χ0) is 15.4. The Kier molecular flexibility index (Phi) is 4.39. The Morgan fingerprint density at radius 3 is 2.86 bits per heavy atom. The molecule has 1 aliphatic rings. The predicted molar refractivity (Wildman–Crippen MR) is 87.9 cm³/mol. The minimum absolute atomic E-state index is 0.169. The third-order valence-electron chi connectivity index (χ3n) is 3.91. The van der Waals surface area contributed by atoms with Crippen LogP contribution in [-0.4, -0.2) is 47.9 Å². The first-order valence-corrected chi connectivity index (χ1v) is 7.64. The number of para-hydroxylation sites is 1. The second-order valence-electron chi connectivity index (χ2n) is 5.54. The number of fused-ring (bicyclic) bond motifs is 1. The van der Waals surface area contributed by atoms with E-state index >= 15 is 0 Å². The summed E-state index contributed by atoms with van der Waals surface area (Å²) in [5.74, 6) is -0.0959. The van der Waals surface area contributed by atoms with Crippen molar-refractivity contribution in [1.82, 2.24) is 15.2 Å². The third-order valence-corrected chi connectivity index (χ3v) is 3.91. The first kappa shape index (κ1) is 14.6. The van der Waals surface area contributed by atoms with Crippen LogP contribution in [0.3, 0.4) is 0 Å². The van der Waals surface area contributed by atoms with Gasteiger partial charge in [0.25, 0.3) is 5.91 Å². The highest BCUT2D eigenvalue weighted by Gasteiger charge is 2.12. The number of hydrogen-bond acceptors (Lipinski definition) is 3. The van der Waals surface area contributed by atoms with Crippen LogP contribution in [0.15, 0.2) is 35.3 Å². The molecule has 0 bridgehead atoms. The number of guanidine groups is 1. The molecule has 0 saturated carbocycles. The van der Waals surface area contributed by atoms with Crippen molar-refractivity contribution in [1.29, 1.82) is 0 Å². The zero-order valence-corrected chi connectivity index (χ0v) is 12.5. The van der Waals surface area contributed by atoms with Gasteiger partial charge in [-0.3, -0.25) is 15.1 Å². The van der Waals surface area contributed by atoms with Crippen LogP contribution in [0.25, 0.3) is 10.9 Å². The minimum atomic E-state index is -0.265. The highest BCUT2D eigenvalue weighted by atomic mass is 16.2. The lowest BCUT2D eigenvalue weighted by molar-refractivity contribution is 0.0972. The molecule has 0 radical (unpaired) electrons. The van der Waals surface area contributed by atoms with E-state index in [0.717, 1.165) is 30.5 Å². The number of aromatic amines is 1. The maximum Gasteiger partial charge on any atom is 0.274 e. The van der Waals surface area contributed by atoms with Crippen LogP contribution in [0.4, 0.5) is 0 Å². The van der Waals surface area contributed by atoms with Gasteiger partial charge < -0.3 is 15.6 Å². The summed E-state index contributed by atoms with van der Waals surface area (Å²) in [5.41, 5.74) is 7.19. The van der Waals surface area contributed by atoms with E-state index in [1.54, 1.807) is 0 Å². The number of nitrogens with zero attached hydrogens (tertiary/aromatic N) is 2. The van der Waals surface area contributed by atoms with Crippen LogP contribution >= 0.6 is 0 Å². The summed E-state index contributed by atoms with van der Waals surface area (Å²) < 4.78 is 0. The molecule has 6 heteroatoms. The Morgan fingerprint density at radius 2 is 2.09 bits per heavy atom. The van der Waals surface area contributed by atoms with Crippen molar-refractivity contribution in [3.05, 3.63) is 36.0 Å². The van der Waals surface area contributed by atoms with Gasteiger partial charge in [0.2, 0.25) is 0 Å². The third kappa shape index (κ3) is 3.46. The Labute approximate surface area is 129 Å². The molecule has 3 rings (SSSR count). The SMILES string of the molecule is NC(=NCCN1CCCC1)NC(=O)c1cc2ccccc2[nH]1. The number of hydrogen-bond donors (Lipinski definition) is 3. The van der Waals surface area contributed by atoms with E-state index in [4.69, 9.17) is 5.73 Å². The molecule has 116 valence electrons. The largest absolute Gasteiger partial charge is 0.370 e. The van der Waals surface area contributed by atoms with E-state index in [0.29, 0.717) is 12.2 Å². The number of benzene rings is 1. The average molecular weight is 299 g/mol. The maximum absolute atomic E-state index is 12.1. The maximum atomic E-state index is 12.1. The van der Waals surface area contributed by atoms with E-state index in [9.17, 15) is 4.79 Å². The summed E-state index contributed by atoms with van der Waals surface area (Å²) in [5, 5.41) is 3.62. The van der Waals surface area contributed by atoms with E-state index < -0.39 is 0 Å². The van der Waals surface area contributed by atoms with Gasteiger partial charge in [-0.2, -0.15) is 0 Å². The Bertz CT molecular complexity index is 652. The first-order chi connectivity index (χ1) is 10.7. The van der Waals surface area contributed by atoms with Crippen molar-refractivity contribution in [2.75, 3.05) is 26.2 Å². The number of carbonyl (C=O) groups is 1. The molecule has 0 spiro atoms. The lowest BCUT2D eigenvalue weighted by Crippen LogP contribution is -2.37. The number of carbonyl (C=O) groups excluding carboxylic acids is 1. The van der Waals surface area contributed by atoms with Gasteiger partial charge in [0.05, 0.1) is 6.54 Å². The van der Waals surface area contributed by atoms with Gasteiger partial charge in [-0.15, -0.1) is 0 Å². The average Bonchev–Trinajstić information content (AvgIpc) is 3.16. The molecule has 4 N–H and O–H groups in total. The van der Waals surface area contributed by atoms with Gasteiger partial charge in [-0.1, -0.05) is 18.2 Å². The number of rotatable bonds is 4. The summed E-state index contributed by atoms with van der Waals surface area (Å²) in [6.07, 6.45) is 2.52. The molecule has 1 aliphatic heterocycles. The highest BCUT2D eigenvalue weighted by molar-refractivity contribution is 6.06. The fraction of sp³-hybridized carbons (Fsp3) is 0.375. The number of H-pyrrole nitrogens is 1. The monoisotopic (exact) mass is 299 g/mol. The van der Waals surface area contributed by atoms with Gasteiger partial charge in [-0.05, 0) is 38.1 Å². The fourth-order valence-corrected chi connectivity index (χ4v) is 2.74. The van der Waals surface area contributed by atoms with E-state index in [2.05, 4.69) is 20.2 Å². The van der Waals surface area contributed by atoms with Crippen molar-refractivity contribution in [3.63, 3.8) is 0 Å². The molecule has 0 aliphatic carbocycles. The van der Waals surface area contributed by atoms with Crippen LogP contribution < -0.4 is 11.1 Å². The molecule has 2 aromatic rings. The summed E-state index contributed by atoms with van der Waals surface area (Å²) >= 11 is 0. The number of nitrogens with two attached hydrogens (primary N) is 1. The number of aromatic nitrogens is 1. The predicted octanol–water partition coefficient (Wildman–Crippen LogP) is 1.31. The van der Waals surface area contributed by atoms with Crippen LogP contribution in [0.5, 0.6) is 0 Å². The number of amides is 1. The van der Waals surface area contributed by atoms with Gasteiger partial charge in [0, 0.05) is 17.4 Å². The van der Waals surface area contributed by atoms with E-state index in [1.165, 1.54) is 12.8 Å². The van der Waals surface area contributed by atoms with Crippen LogP contribution in [0, 0.1) is 0 Å². The molecule has 1 aromatic heterocycles. The standard InChI is InChI=1S/C16H21N5O/c17-16(18-7-10-21-8-3-4-9-21)20-15(22)14-11-12-5-1-2-6-13(12)19-14/h1-2,5-6,11,19H,3-4,7-10H2,(H3,17,18,20,22). The Hall–Kier alpha value is -2.34. The van der Waals surface area contributed by atoms with Crippen LogP contribution in [0.1, 0.15) is 23.3 Å². The molecule has 1 saturated heterocycles. The van der Waals surface area contributed by atoms with Gasteiger partial charge in [-0.25, -0.2) is 0 Å². The lowest BCUT2D eigenvalue weighted by Gasteiger charge is -2.12. The molecule has 1 aromatic carbocycles. The number of nitrogens with one attached hydrogen (secondary N) is 2. The fourth-order valence-electron chi connectivity index (χ4n) is 2.74.